The summed E-state index contributed by atoms with van der Waals surface area (Å²) in [5.74, 6) is -0.223. The Labute approximate surface area is 164 Å². The van der Waals surface area contributed by atoms with E-state index < -0.39 is 29.8 Å². The molecule has 2 aromatic rings. The third-order valence-electron chi connectivity index (χ3n) is 4.87. The van der Waals surface area contributed by atoms with Crippen LogP contribution in [0.5, 0.6) is 0 Å². The van der Waals surface area contributed by atoms with Crippen molar-refractivity contribution in [2.45, 2.75) is 18.8 Å². The maximum absolute atomic E-state index is 12.9. The van der Waals surface area contributed by atoms with Crippen LogP contribution >= 0.6 is 0 Å². The average molecular weight is 406 g/mol. The molecule has 1 N–H and O–H groups in total. The van der Waals surface area contributed by atoms with Crippen LogP contribution in [0.3, 0.4) is 0 Å². The first-order valence-electron chi connectivity index (χ1n) is 8.93. The number of alkyl halides is 3. The van der Waals surface area contributed by atoms with Gasteiger partial charge in [0.25, 0.3) is 0 Å². The Bertz CT molecular complexity index is 936. The van der Waals surface area contributed by atoms with Gasteiger partial charge in [0.05, 0.1) is 17.8 Å². The molecule has 1 aromatic carbocycles. The number of nitrogens with one attached hydrogen (secondary N) is 1. The van der Waals surface area contributed by atoms with Crippen molar-refractivity contribution in [1.29, 1.82) is 0 Å². The summed E-state index contributed by atoms with van der Waals surface area (Å²) in [6, 6.07) is 9.32. The molecule has 1 fully saturated rings. The van der Waals surface area contributed by atoms with Crippen LogP contribution in [-0.2, 0) is 22.3 Å². The van der Waals surface area contributed by atoms with Gasteiger partial charge in [0.1, 0.15) is 12.6 Å². The number of piperazine rings is 1. The van der Waals surface area contributed by atoms with Gasteiger partial charge in [-0.15, -0.1) is 0 Å². The molecule has 2 amide bonds. The molecule has 2 aliphatic heterocycles. The van der Waals surface area contributed by atoms with Crippen LogP contribution in [0, 0.1) is 0 Å². The summed E-state index contributed by atoms with van der Waals surface area (Å²) in [5, 5.41) is 2.47. The molecule has 29 heavy (non-hydrogen) atoms. The Balaban J connectivity index is 1.45. The van der Waals surface area contributed by atoms with Gasteiger partial charge >= 0.3 is 12.3 Å². The molecule has 1 atom stereocenters. The number of hydrogen-bond donors (Lipinski definition) is 1. The molecule has 10 heteroatoms. The minimum Gasteiger partial charge on any atom is -0.445 e. The van der Waals surface area contributed by atoms with Crippen LogP contribution in [0.15, 0.2) is 42.6 Å². The fourth-order valence-corrected chi connectivity index (χ4v) is 3.39. The summed E-state index contributed by atoms with van der Waals surface area (Å²) >= 11 is 0. The van der Waals surface area contributed by atoms with Gasteiger partial charge < -0.3 is 19.9 Å². The zero-order valence-corrected chi connectivity index (χ0v) is 15.1. The highest BCUT2D eigenvalue weighted by molar-refractivity contribution is 6.03. The second-order valence-corrected chi connectivity index (χ2v) is 6.78. The van der Waals surface area contributed by atoms with Crippen molar-refractivity contribution in [3.8, 4) is 0 Å². The summed E-state index contributed by atoms with van der Waals surface area (Å²) in [7, 11) is 0. The van der Waals surface area contributed by atoms with Gasteiger partial charge in [0.15, 0.2) is 5.82 Å². The predicted molar refractivity (Wildman–Crippen MR) is 97.2 cm³/mol. The van der Waals surface area contributed by atoms with E-state index in [1.54, 1.807) is 4.90 Å². The Morgan fingerprint density at radius 3 is 2.72 bits per heavy atom. The molecular formula is C19H17F3N4O3. The second kappa shape index (κ2) is 7.26. The van der Waals surface area contributed by atoms with Crippen LogP contribution < -0.4 is 10.2 Å². The minimum atomic E-state index is -4.55. The summed E-state index contributed by atoms with van der Waals surface area (Å²) in [5.41, 5.74) is -0.0761. The summed E-state index contributed by atoms with van der Waals surface area (Å²) in [4.78, 5) is 31.8. The smallest absolute Gasteiger partial charge is 0.417 e. The summed E-state index contributed by atoms with van der Waals surface area (Å²) in [6.45, 7) is 0.687. The van der Waals surface area contributed by atoms with Crippen molar-refractivity contribution in [2.24, 2.45) is 0 Å². The van der Waals surface area contributed by atoms with E-state index in [0.29, 0.717) is 0 Å². The number of fused-ring (bicyclic) bond motifs is 3. The molecule has 0 bridgehead atoms. The highest BCUT2D eigenvalue weighted by atomic mass is 19.4. The number of hydrogen-bond acceptors (Lipinski definition) is 5. The average Bonchev–Trinajstić information content (AvgIpc) is 2.71. The Kier molecular flexibility index (Phi) is 4.77. The Morgan fingerprint density at radius 1 is 1.24 bits per heavy atom. The van der Waals surface area contributed by atoms with Crippen molar-refractivity contribution in [3.63, 3.8) is 0 Å². The van der Waals surface area contributed by atoms with E-state index in [4.69, 9.17) is 4.74 Å². The number of pyridine rings is 1. The zero-order valence-electron chi connectivity index (χ0n) is 15.1. The molecule has 0 saturated carbocycles. The molecule has 1 saturated heterocycles. The fourth-order valence-electron chi connectivity index (χ4n) is 3.39. The first-order valence-corrected chi connectivity index (χ1v) is 8.93. The van der Waals surface area contributed by atoms with Crippen LogP contribution in [0.4, 0.5) is 29.5 Å². The van der Waals surface area contributed by atoms with E-state index in [1.165, 1.54) is 4.90 Å². The van der Waals surface area contributed by atoms with E-state index in [-0.39, 0.29) is 37.7 Å². The quantitative estimate of drug-likeness (QED) is 0.830. The van der Waals surface area contributed by atoms with E-state index in [1.807, 2.05) is 30.3 Å². The van der Waals surface area contributed by atoms with E-state index >= 15 is 0 Å². The molecule has 7 nitrogen and oxygen atoms in total. The number of rotatable bonds is 2. The molecule has 0 radical (unpaired) electrons. The Hall–Kier alpha value is -3.30. The van der Waals surface area contributed by atoms with Gasteiger partial charge in [-0.3, -0.25) is 4.79 Å². The van der Waals surface area contributed by atoms with Gasteiger partial charge in [-0.2, -0.15) is 13.2 Å². The first kappa shape index (κ1) is 19.0. The van der Waals surface area contributed by atoms with Crippen molar-refractivity contribution in [3.05, 3.63) is 53.7 Å². The summed E-state index contributed by atoms with van der Waals surface area (Å²) in [6.07, 6.45) is -4.36. The molecule has 0 unspecified atom stereocenters. The highest BCUT2D eigenvalue weighted by Crippen LogP contribution is 2.37. The summed E-state index contributed by atoms with van der Waals surface area (Å²) < 4.78 is 44.0. The fraction of sp³-hybridized carbons (Fsp3) is 0.316. The number of anilines is 2. The van der Waals surface area contributed by atoms with Crippen molar-refractivity contribution in [1.82, 2.24) is 9.88 Å². The zero-order chi connectivity index (χ0) is 20.6. The second-order valence-electron chi connectivity index (χ2n) is 6.78. The SMILES string of the molecule is O=C1Nc2cc(C(F)(F)F)cnc2N2CCN(C(=O)OCc3ccccc3)C[C@H]12. The number of benzene rings is 1. The monoisotopic (exact) mass is 406 g/mol. The van der Waals surface area contributed by atoms with Gasteiger partial charge in [-0.1, -0.05) is 30.3 Å². The van der Waals surface area contributed by atoms with Crippen molar-refractivity contribution in [2.75, 3.05) is 29.9 Å². The number of carbonyl (C=O) groups excluding carboxylic acids is 2. The van der Waals surface area contributed by atoms with Crippen LogP contribution in [-0.4, -0.2) is 47.6 Å². The molecule has 0 aliphatic carbocycles. The van der Waals surface area contributed by atoms with E-state index in [2.05, 4.69) is 10.3 Å². The van der Waals surface area contributed by atoms with Crippen molar-refractivity contribution >= 4 is 23.5 Å². The molecule has 1 aromatic heterocycles. The van der Waals surface area contributed by atoms with Crippen LogP contribution in [0.25, 0.3) is 0 Å². The molecule has 0 spiro atoms. The molecule has 3 heterocycles. The maximum Gasteiger partial charge on any atom is 0.417 e. The van der Waals surface area contributed by atoms with Gasteiger partial charge in [-0.05, 0) is 11.6 Å². The first-order chi connectivity index (χ1) is 13.8. The van der Waals surface area contributed by atoms with Crippen LogP contribution in [0.2, 0.25) is 0 Å². The number of amides is 2. The molecule has 2 aliphatic rings. The maximum atomic E-state index is 12.9. The number of halogens is 3. The number of carbonyl (C=O) groups is 2. The van der Waals surface area contributed by atoms with Gasteiger partial charge in [-0.25, -0.2) is 9.78 Å². The number of nitrogens with zero attached hydrogens (tertiary/aromatic N) is 3. The molecule has 152 valence electrons. The topological polar surface area (TPSA) is 74.8 Å². The van der Waals surface area contributed by atoms with Gasteiger partial charge in [0.2, 0.25) is 5.91 Å². The molecular weight excluding hydrogens is 389 g/mol. The van der Waals surface area contributed by atoms with E-state index in [0.717, 1.165) is 17.8 Å². The van der Waals surface area contributed by atoms with Gasteiger partial charge in [0, 0.05) is 19.3 Å². The lowest BCUT2D eigenvalue weighted by atomic mass is 10.1. The largest absolute Gasteiger partial charge is 0.445 e. The van der Waals surface area contributed by atoms with E-state index in [9.17, 15) is 22.8 Å². The third kappa shape index (κ3) is 3.82. The predicted octanol–water partition coefficient (Wildman–Crippen LogP) is 2.88. The minimum absolute atomic E-state index is 0.0150. The lowest BCUT2D eigenvalue weighted by Crippen LogP contribution is -2.61. The highest BCUT2D eigenvalue weighted by Gasteiger charge is 2.41. The number of aromatic nitrogens is 1. The number of ether oxygens (including phenoxy) is 1. The van der Waals surface area contributed by atoms with Crippen LogP contribution in [0.1, 0.15) is 11.1 Å². The molecule has 4 rings (SSSR count). The van der Waals surface area contributed by atoms with Crippen molar-refractivity contribution < 1.29 is 27.5 Å². The third-order valence-corrected chi connectivity index (χ3v) is 4.87. The lowest BCUT2D eigenvalue weighted by molar-refractivity contribution is -0.137. The normalized spacial score (nSPS) is 18.6. The lowest BCUT2D eigenvalue weighted by Gasteiger charge is -2.43. The standard InChI is InChI=1S/C19H17F3N4O3/c20-19(21,22)13-8-14-16(23-9-13)26-7-6-25(10-15(26)17(27)24-14)18(28)29-11-12-4-2-1-3-5-12/h1-5,8-9,15H,6-7,10-11H2,(H,24,27)/t15-/m1/s1. The Morgan fingerprint density at radius 2 is 2.00 bits per heavy atom.